The van der Waals surface area contributed by atoms with Crippen LogP contribution in [0.2, 0.25) is 5.02 Å². The highest BCUT2D eigenvalue weighted by Gasteiger charge is 2.30. The summed E-state index contributed by atoms with van der Waals surface area (Å²) in [6.07, 6.45) is -0.503. The molecular formula is C20H19ClFNO4. The Balaban J connectivity index is 1.51. The summed E-state index contributed by atoms with van der Waals surface area (Å²) in [5.41, 5.74) is 1.58. The second kappa shape index (κ2) is 8.39. The number of nitrogens with one attached hydrogen (secondary N) is 1. The van der Waals surface area contributed by atoms with Crippen molar-refractivity contribution in [3.05, 3.63) is 64.4 Å². The molecule has 0 radical (unpaired) electrons. The van der Waals surface area contributed by atoms with Gasteiger partial charge < -0.3 is 14.8 Å². The Hall–Kier alpha value is -2.60. The number of halogens is 2. The summed E-state index contributed by atoms with van der Waals surface area (Å²) in [5.74, 6) is -1.06. The minimum Gasteiger partial charge on any atom is -0.492 e. The summed E-state index contributed by atoms with van der Waals surface area (Å²) in [6, 6.07) is 11.0. The van der Waals surface area contributed by atoms with Crippen molar-refractivity contribution >= 4 is 23.5 Å². The Labute approximate surface area is 161 Å². The van der Waals surface area contributed by atoms with Crippen LogP contribution >= 0.6 is 11.6 Å². The van der Waals surface area contributed by atoms with Crippen LogP contribution in [-0.4, -0.2) is 24.6 Å². The zero-order valence-electron chi connectivity index (χ0n) is 14.7. The maximum atomic E-state index is 12.9. The number of amides is 1. The summed E-state index contributed by atoms with van der Waals surface area (Å²) >= 11 is 5.98. The zero-order valence-corrected chi connectivity index (χ0v) is 15.5. The molecule has 5 nitrogen and oxygen atoms in total. The predicted molar refractivity (Wildman–Crippen MR) is 97.9 cm³/mol. The van der Waals surface area contributed by atoms with Crippen molar-refractivity contribution in [2.75, 3.05) is 6.61 Å². The summed E-state index contributed by atoms with van der Waals surface area (Å²) in [7, 11) is 0. The van der Waals surface area contributed by atoms with Crippen LogP contribution in [0.25, 0.3) is 0 Å². The first-order valence-corrected chi connectivity index (χ1v) is 8.94. The van der Waals surface area contributed by atoms with Gasteiger partial charge in [0.2, 0.25) is 0 Å². The van der Waals surface area contributed by atoms with E-state index in [-0.39, 0.29) is 19.0 Å². The third-order valence-corrected chi connectivity index (χ3v) is 4.54. The first-order chi connectivity index (χ1) is 12.9. The van der Waals surface area contributed by atoms with E-state index in [0.717, 1.165) is 11.1 Å². The number of fused-ring (bicyclic) bond motifs is 1. The molecule has 0 saturated heterocycles. The van der Waals surface area contributed by atoms with Gasteiger partial charge in [-0.05, 0) is 54.8 Å². The molecule has 0 spiro atoms. The van der Waals surface area contributed by atoms with Gasteiger partial charge in [-0.25, -0.2) is 4.39 Å². The number of rotatable bonds is 5. The molecular weight excluding hydrogens is 373 g/mol. The predicted octanol–water partition coefficient (Wildman–Crippen LogP) is 3.28. The molecule has 142 valence electrons. The van der Waals surface area contributed by atoms with E-state index in [1.54, 1.807) is 30.3 Å². The second-order valence-corrected chi connectivity index (χ2v) is 6.82. The molecule has 7 heteroatoms. The lowest BCUT2D eigenvalue weighted by Crippen LogP contribution is -2.38. The summed E-state index contributed by atoms with van der Waals surface area (Å²) < 4.78 is 23.7. The lowest BCUT2D eigenvalue weighted by atomic mass is 9.97. The van der Waals surface area contributed by atoms with Crippen LogP contribution in [0.15, 0.2) is 42.5 Å². The van der Waals surface area contributed by atoms with Gasteiger partial charge in [0.15, 0.2) is 6.10 Å². The second-order valence-electron chi connectivity index (χ2n) is 6.39. The molecule has 1 N–H and O–H groups in total. The molecule has 1 heterocycles. The largest absolute Gasteiger partial charge is 0.492 e. The number of hydrogen-bond donors (Lipinski definition) is 1. The van der Waals surface area contributed by atoms with Gasteiger partial charge in [-0.1, -0.05) is 23.7 Å². The number of carbonyl (C=O) groups is 2. The van der Waals surface area contributed by atoms with Crippen molar-refractivity contribution in [3.8, 4) is 5.75 Å². The van der Waals surface area contributed by atoms with Gasteiger partial charge in [-0.15, -0.1) is 0 Å². The minimum absolute atomic E-state index is 0.192. The summed E-state index contributed by atoms with van der Waals surface area (Å²) in [5, 5.41) is 3.23. The fourth-order valence-electron chi connectivity index (χ4n) is 2.77. The van der Waals surface area contributed by atoms with Crippen molar-refractivity contribution in [1.82, 2.24) is 5.32 Å². The van der Waals surface area contributed by atoms with E-state index in [2.05, 4.69) is 5.32 Å². The Morgan fingerprint density at radius 3 is 2.78 bits per heavy atom. The molecule has 0 aromatic heterocycles. The van der Waals surface area contributed by atoms with E-state index < -0.39 is 23.9 Å². The number of carbonyl (C=O) groups excluding carboxylic acids is 2. The van der Waals surface area contributed by atoms with E-state index >= 15 is 0 Å². The summed E-state index contributed by atoms with van der Waals surface area (Å²) in [4.78, 5) is 24.5. The number of benzene rings is 2. The van der Waals surface area contributed by atoms with Gasteiger partial charge in [-0.2, -0.15) is 0 Å². The highest BCUT2D eigenvalue weighted by atomic mass is 35.5. The third-order valence-electron chi connectivity index (χ3n) is 4.30. The fourth-order valence-corrected chi connectivity index (χ4v) is 2.97. The lowest BCUT2D eigenvalue weighted by molar-refractivity contribution is -0.160. The van der Waals surface area contributed by atoms with Crippen LogP contribution < -0.4 is 10.1 Å². The van der Waals surface area contributed by atoms with Crippen LogP contribution in [0.5, 0.6) is 5.75 Å². The maximum Gasteiger partial charge on any atom is 0.313 e. The van der Waals surface area contributed by atoms with Crippen molar-refractivity contribution in [1.29, 1.82) is 0 Å². The number of hydrogen-bond acceptors (Lipinski definition) is 4. The highest BCUT2D eigenvalue weighted by molar-refractivity contribution is 6.30. The fraction of sp³-hybridized carbons (Fsp3) is 0.300. The quantitative estimate of drug-likeness (QED) is 0.794. The average molecular weight is 392 g/mol. The van der Waals surface area contributed by atoms with E-state index in [9.17, 15) is 14.0 Å². The van der Waals surface area contributed by atoms with Crippen LogP contribution in [0.4, 0.5) is 4.39 Å². The normalized spacial score (nSPS) is 16.6. The lowest BCUT2D eigenvalue weighted by Gasteiger charge is -2.25. The van der Waals surface area contributed by atoms with E-state index in [1.807, 2.05) is 0 Å². The minimum atomic E-state index is -0.946. The first-order valence-electron chi connectivity index (χ1n) is 8.56. The highest BCUT2D eigenvalue weighted by Crippen LogP contribution is 2.30. The molecule has 0 unspecified atom stereocenters. The van der Waals surface area contributed by atoms with Gasteiger partial charge in [0.05, 0.1) is 5.92 Å². The molecule has 2 aromatic carbocycles. The average Bonchev–Trinajstić information content (AvgIpc) is 2.66. The molecule has 1 aliphatic rings. The molecule has 3 rings (SSSR count). The van der Waals surface area contributed by atoms with Crippen molar-refractivity contribution in [2.45, 2.75) is 26.0 Å². The van der Waals surface area contributed by atoms with Gasteiger partial charge in [0.1, 0.15) is 18.2 Å². The molecule has 1 aliphatic heterocycles. The number of esters is 1. The van der Waals surface area contributed by atoms with Crippen LogP contribution in [0.3, 0.4) is 0 Å². The Bertz CT molecular complexity index is 840. The van der Waals surface area contributed by atoms with Crippen LogP contribution in [0, 0.1) is 11.7 Å². The molecule has 2 aromatic rings. The smallest absolute Gasteiger partial charge is 0.313 e. The third kappa shape index (κ3) is 4.98. The van der Waals surface area contributed by atoms with Gasteiger partial charge in [0, 0.05) is 11.6 Å². The summed E-state index contributed by atoms with van der Waals surface area (Å²) in [6.45, 7) is 1.92. The molecule has 0 fully saturated rings. The van der Waals surface area contributed by atoms with Crippen LogP contribution in [-0.2, 0) is 27.3 Å². The molecule has 2 atom stereocenters. The van der Waals surface area contributed by atoms with Gasteiger partial charge in [-0.3, -0.25) is 9.59 Å². The van der Waals surface area contributed by atoms with Gasteiger partial charge in [0.25, 0.3) is 5.91 Å². The van der Waals surface area contributed by atoms with Crippen molar-refractivity contribution in [3.63, 3.8) is 0 Å². The first kappa shape index (κ1) is 19.2. The Morgan fingerprint density at radius 2 is 2.04 bits per heavy atom. The van der Waals surface area contributed by atoms with Crippen molar-refractivity contribution < 1.29 is 23.5 Å². The van der Waals surface area contributed by atoms with Crippen LogP contribution in [0.1, 0.15) is 18.1 Å². The van der Waals surface area contributed by atoms with E-state index in [1.165, 1.54) is 19.1 Å². The number of ether oxygens (including phenoxy) is 2. The molecule has 27 heavy (non-hydrogen) atoms. The Morgan fingerprint density at radius 1 is 1.30 bits per heavy atom. The monoisotopic (exact) mass is 391 g/mol. The van der Waals surface area contributed by atoms with Gasteiger partial charge >= 0.3 is 5.97 Å². The molecule has 0 saturated carbocycles. The SMILES string of the molecule is C[C@@H](OC(=O)[C@@H]1COc2ccc(Cl)cc2C1)C(=O)NCc1ccc(F)cc1. The van der Waals surface area contributed by atoms with E-state index in [4.69, 9.17) is 21.1 Å². The van der Waals surface area contributed by atoms with E-state index in [0.29, 0.717) is 17.2 Å². The molecule has 1 amide bonds. The molecule has 0 bridgehead atoms. The van der Waals surface area contributed by atoms with Crippen molar-refractivity contribution in [2.24, 2.45) is 5.92 Å². The zero-order chi connectivity index (χ0) is 19.4. The topological polar surface area (TPSA) is 64.6 Å². The molecule has 0 aliphatic carbocycles. The standard InChI is InChI=1S/C20H19ClFNO4/c1-12(19(24)23-10-13-2-5-17(22)6-3-13)27-20(25)15-8-14-9-16(21)4-7-18(14)26-11-15/h2-7,9,12,15H,8,10-11H2,1H3,(H,23,24)/t12-,15+/m1/s1. The Kier molecular flexibility index (Phi) is 5.96. The maximum absolute atomic E-state index is 12.9.